The van der Waals surface area contributed by atoms with Crippen LogP contribution in [0.2, 0.25) is 0 Å². The fraction of sp³-hybridized carbons (Fsp3) is 0.579. The summed E-state index contributed by atoms with van der Waals surface area (Å²) >= 11 is 0. The van der Waals surface area contributed by atoms with Crippen molar-refractivity contribution in [3.05, 3.63) is 29.8 Å². The molecule has 1 unspecified atom stereocenters. The lowest BCUT2D eigenvalue weighted by Gasteiger charge is -2.16. The summed E-state index contributed by atoms with van der Waals surface area (Å²) in [7, 11) is -3.19. The van der Waals surface area contributed by atoms with Gasteiger partial charge in [-0.1, -0.05) is 31.0 Å². The number of nitrogens with one attached hydrogen (secondary N) is 1. The first kappa shape index (κ1) is 18.1. The topological polar surface area (TPSA) is 75.6 Å². The number of aliphatic imine (C=N–C) groups is 1. The van der Waals surface area contributed by atoms with E-state index < -0.39 is 21.1 Å². The summed E-state index contributed by atoms with van der Waals surface area (Å²) in [5.74, 6) is 0.137. The number of fused-ring (bicyclic) bond motifs is 1. The van der Waals surface area contributed by atoms with Crippen LogP contribution in [-0.2, 0) is 14.6 Å². The standard InChI is InChI=1S/C19H26N2O3S/c1-13(2)25(23,24)12-11-17-19(22)21-16-10-6-5-9-15(16)18(20-17)14-7-3-4-8-14/h5-6,9-10,13-14,17H,3-4,7-8,11-12H2,1-2H3,(H,21,22). The molecule has 0 radical (unpaired) electrons. The third-order valence-corrected chi connectivity index (χ3v) is 7.44. The smallest absolute Gasteiger partial charge is 0.249 e. The van der Waals surface area contributed by atoms with E-state index in [0.29, 0.717) is 5.92 Å². The molecule has 3 rings (SSSR count). The van der Waals surface area contributed by atoms with Gasteiger partial charge in [0.2, 0.25) is 5.91 Å². The van der Waals surface area contributed by atoms with Crippen LogP contribution in [0.25, 0.3) is 0 Å². The van der Waals surface area contributed by atoms with Crippen molar-refractivity contribution in [3.8, 4) is 0 Å². The molecule has 1 atom stereocenters. The van der Waals surface area contributed by atoms with E-state index >= 15 is 0 Å². The van der Waals surface area contributed by atoms with Gasteiger partial charge in [0.25, 0.3) is 0 Å². The monoisotopic (exact) mass is 362 g/mol. The van der Waals surface area contributed by atoms with Gasteiger partial charge in [0.15, 0.2) is 9.84 Å². The summed E-state index contributed by atoms with van der Waals surface area (Å²) in [4.78, 5) is 17.4. The molecule has 1 amide bonds. The highest BCUT2D eigenvalue weighted by atomic mass is 32.2. The first-order valence-electron chi connectivity index (χ1n) is 9.08. The zero-order valence-electron chi connectivity index (χ0n) is 14.9. The number of benzodiazepines with no additional fused rings is 1. The predicted octanol–water partition coefficient (Wildman–Crippen LogP) is 3.20. The summed E-state index contributed by atoms with van der Waals surface area (Å²) in [5.41, 5.74) is 2.74. The largest absolute Gasteiger partial charge is 0.324 e. The summed E-state index contributed by atoms with van der Waals surface area (Å²) in [6, 6.07) is 7.11. The molecule has 1 saturated carbocycles. The van der Waals surface area contributed by atoms with Gasteiger partial charge in [-0.3, -0.25) is 9.79 Å². The molecule has 1 aliphatic carbocycles. The maximum absolute atomic E-state index is 12.6. The molecule has 1 fully saturated rings. The maximum atomic E-state index is 12.6. The second kappa shape index (κ2) is 7.28. The molecular formula is C19H26N2O3S. The van der Waals surface area contributed by atoms with Crippen molar-refractivity contribution in [1.29, 1.82) is 0 Å². The number of benzene rings is 1. The lowest BCUT2D eigenvalue weighted by atomic mass is 9.94. The molecule has 1 aromatic rings. The summed E-state index contributed by atoms with van der Waals surface area (Å²) in [6.07, 6.45) is 4.76. The molecule has 1 aromatic carbocycles. The lowest BCUT2D eigenvalue weighted by Crippen LogP contribution is -2.29. The van der Waals surface area contributed by atoms with Crippen molar-refractivity contribution in [2.45, 2.75) is 57.2 Å². The Labute approximate surface area is 149 Å². The molecule has 2 aliphatic rings. The van der Waals surface area contributed by atoms with Gasteiger partial charge in [0.1, 0.15) is 6.04 Å². The van der Waals surface area contributed by atoms with Crippen LogP contribution in [-0.4, -0.2) is 37.1 Å². The van der Waals surface area contributed by atoms with Crippen LogP contribution < -0.4 is 5.32 Å². The second-order valence-electron chi connectivity index (χ2n) is 7.25. The van der Waals surface area contributed by atoms with Crippen LogP contribution in [0.15, 0.2) is 29.3 Å². The molecule has 0 saturated heterocycles. The number of nitrogens with zero attached hydrogens (tertiary/aromatic N) is 1. The van der Waals surface area contributed by atoms with Crippen molar-refractivity contribution >= 4 is 27.1 Å². The highest BCUT2D eigenvalue weighted by Crippen LogP contribution is 2.33. The van der Waals surface area contributed by atoms with Gasteiger partial charge >= 0.3 is 0 Å². The number of para-hydroxylation sites is 1. The van der Waals surface area contributed by atoms with E-state index in [0.717, 1.165) is 29.8 Å². The number of carbonyl (C=O) groups excluding carboxylic acids is 1. The Bertz CT molecular complexity index is 778. The number of sulfone groups is 1. The predicted molar refractivity (Wildman–Crippen MR) is 101 cm³/mol. The van der Waals surface area contributed by atoms with Crippen molar-refractivity contribution < 1.29 is 13.2 Å². The van der Waals surface area contributed by atoms with Gasteiger partial charge in [-0.2, -0.15) is 0 Å². The quantitative estimate of drug-likeness (QED) is 0.874. The highest BCUT2D eigenvalue weighted by Gasteiger charge is 2.31. The minimum Gasteiger partial charge on any atom is -0.324 e. The van der Waals surface area contributed by atoms with Crippen molar-refractivity contribution in [1.82, 2.24) is 0 Å². The van der Waals surface area contributed by atoms with Gasteiger partial charge in [-0.05, 0) is 39.2 Å². The van der Waals surface area contributed by atoms with Crippen molar-refractivity contribution in [3.63, 3.8) is 0 Å². The van der Waals surface area contributed by atoms with Crippen LogP contribution in [0, 0.1) is 5.92 Å². The van der Waals surface area contributed by atoms with Gasteiger partial charge in [-0.15, -0.1) is 0 Å². The minimum atomic E-state index is -3.19. The third-order valence-electron chi connectivity index (χ3n) is 5.19. The van der Waals surface area contributed by atoms with E-state index in [1.54, 1.807) is 13.8 Å². The average molecular weight is 362 g/mol. The summed E-state index contributed by atoms with van der Waals surface area (Å²) in [5, 5.41) is 2.51. The Morgan fingerprint density at radius 2 is 1.88 bits per heavy atom. The van der Waals surface area contributed by atoms with E-state index in [-0.39, 0.29) is 18.1 Å². The van der Waals surface area contributed by atoms with Crippen molar-refractivity contribution in [2.24, 2.45) is 10.9 Å². The van der Waals surface area contributed by atoms with Crippen molar-refractivity contribution in [2.75, 3.05) is 11.1 Å². The van der Waals surface area contributed by atoms with Crippen LogP contribution in [0.1, 0.15) is 51.5 Å². The Kier molecular flexibility index (Phi) is 5.27. The Morgan fingerprint density at radius 3 is 2.56 bits per heavy atom. The summed E-state index contributed by atoms with van der Waals surface area (Å²) < 4.78 is 24.3. The number of rotatable bonds is 5. The molecule has 0 spiro atoms. The zero-order valence-corrected chi connectivity index (χ0v) is 15.7. The molecule has 136 valence electrons. The maximum Gasteiger partial charge on any atom is 0.249 e. The Balaban J connectivity index is 1.91. The van der Waals surface area contributed by atoms with Crippen LogP contribution in [0.3, 0.4) is 0 Å². The van der Waals surface area contributed by atoms with E-state index in [4.69, 9.17) is 4.99 Å². The fourth-order valence-electron chi connectivity index (χ4n) is 3.56. The second-order valence-corrected chi connectivity index (χ2v) is 9.93. The molecule has 0 aromatic heterocycles. The molecule has 6 heteroatoms. The fourth-order valence-corrected chi connectivity index (χ4v) is 4.58. The first-order chi connectivity index (χ1) is 11.9. The normalized spacial score (nSPS) is 21.6. The Morgan fingerprint density at radius 1 is 1.20 bits per heavy atom. The van der Waals surface area contributed by atoms with Crippen LogP contribution in [0.5, 0.6) is 0 Å². The number of hydrogen-bond acceptors (Lipinski definition) is 4. The molecular weight excluding hydrogens is 336 g/mol. The number of amides is 1. The van der Waals surface area contributed by atoms with E-state index in [1.165, 1.54) is 12.8 Å². The van der Waals surface area contributed by atoms with Gasteiger partial charge in [0.05, 0.1) is 11.0 Å². The molecule has 5 nitrogen and oxygen atoms in total. The lowest BCUT2D eigenvalue weighted by molar-refractivity contribution is -0.117. The van der Waals surface area contributed by atoms with Gasteiger partial charge in [0, 0.05) is 22.9 Å². The third kappa shape index (κ3) is 3.94. The molecule has 0 bridgehead atoms. The summed E-state index contributed by atoms with van der Waals surface area (Å²) in [6.45, 7) is 3.34. The molecule has 25 heavy (non-hydrogen) atoms. The van der Waals surface area contributed by atoms with E-state index in [2.05, 4.69) is 5.32 Å². The number of carbonyl (C=O) groups is 1. The number of anilines is 1. The van der Waals surface area contributed by atoms with Crippen LogP contribution in [0.4, 0.5) is 5.69 Å². The molecule has 1 N–H and O–H groups in total. The zero-order chi connectivity index (χ0) is 18.0. The molecule has 1 aliphatic heterocycles. The average Bonchev–Trinajstić information content (AvgIpc) is 3.05. The molecule has 1 heterocycles. The van der Waals surface area contributed by atoms with Crippen LogP contribution >= 0.6 is 0 Å². The Hall–Kier alpha value is -1.69. The SMILES string of the molecule is CC(C)S(=O)(=O)CCC1N=C(C2CCCC2)c2ccccc2NC1=O. The van der Waals surface area contributed by atoms with Gasteiger partial charge in [-0.25, -0.2) is 8.42 Å². The van der Waals surface area contributed by atoms with E-state index in [1.807, 2.05) is 24.3 Å². The number of hydrogen-bond donors (Lipinski definition) is 1. The van der Waals surface area contributed by atoms with Gasteiger partial charge < -0.3 is 5.32 Å². The highest BCUT2D eigenvalue weighted by molar-refractivity contribution is 7.91. The minimum absolute atomic E-state index is 0.0133. The first-order valence-corrected chi connectivity index (χ1v) is 10.8. The van der Waals surface area contributed by atoms with E-state index in [9.17, 15) is 13.2 Å².